The summed E-state index contributed by atoms with van der Waals surface area (Å²) < 4.78 is 16.8. The highest BCUT2D eigenvalue weighted by atomic mass is 16.7. The van der Waals surface area contributed by atoms with E-state index in [-0.39, 0.29) is 18.5 Å². The quantitative estimate of drug-likeness (QED) is 0.0195. The molecule has 0 saturated carbocycles. The summed E-state index contributed by atoms with van der Waals surface area (Å²) in [7, 11) is 0. The highest BCUT2D eigenvalue weighted by Gasteiger charge is 2.44. The number of carbonyl (C=O) groups is 2. The Balaban J connectivity index is 1.96. The van der Waals surface area contributed by atoms with Crippen molar-refractivity contribution in [1.29, 1.82) is 0 Å². The van der Waals surface area contributed by atoms with E-state index in [2.05, 4.69) is 31.3 Å². The summed E-state index contributed by atoms with van der Waals surface area (Å²) in [6.45, 7) is 4.39. The topological polar surface area (TPSA) is 175 Å². The second-order valence-electron chi connectivity index (χ2n) is 26.0. The summed E-state index contributed by atoms with van der Waals surface area (Å²) >= 11 is 0. The first-order valence-electron chi connectivity index (χ1n) is 37.1. The van der Waals surface area contributed by atoms with E-state index >= 15 is 0 Å². The maximum atomic E-state index is 13.1. The van der Waals surface area contributed by atoms with Gasteiger partial charge in [-0.05, 0) is 57.8 Å². The van der Waals surface area contributed by atoms with Crippen LogP contribution < -0.4 is 5.32 Å². The van der Waals surface area contributed by atoms with Gasteiger partial charge in [-0.1, -0.05) is 327 Å². The molecule has 11 nitrogen and oxygen atoms in total. The van der Waals surface area contributed by atoms with Crippen LogP contribution in [0.2, 0.25) is 0 Å². The van der Waals surface area contributed by atoms with Gasteiger partial charge in [-0.3, -0.25) is 9.59 Å². The number of amides is 1. The van der Waals surface area contributed by atoms with E-state index in [0.29, 0.717) is 19.4 Å². The van der Waals surface area contributed by atoms with Gasteiger partial charge in [0.05, 0.1) is 32.0 Å². The third-order valence-electron chi connectivity index (χ3n) is 17.8. The zero-order valence-corrected chi connectivity index (χ0v) is 55.8. The van der Waals surface area contributed by atoms with Gasteiger partial charge in [-0.2, -0.15) is 0 Å². The van der Waals surface area contributed by atoms with Crippen molar-refractivity contribution in [2.24, 2.45) is 0 Å². The van der Waals surface area contributed by atoms with Crippen LogP contribution >= 0.6 is 0 Å². The number of nitrogens with one attached hydrogen (secondary N) is 1. The van der Waals surface area contributed by atoms with E-state index in [1.165, 1.54) is 295 Å². The average Bonchev–Trinajstić information content (AvgIpc) is 3.51. The lowest BCUT2D eigenvalue weighted by Gasteiger charge is -2.40. The Bertz CT molecular complexity index is 1460. The number of allylic oxidation sites excluding steroid dienone is 3. The van der Waals surface area contributed by atoms with Gasteiger partial charge in [0.1, 0.15) is 24.4 Å². The van der Waals surface area contributed by atoms with Crippen LogP contribution in [0.5, 0.6) is 0 Å². The zero-order valence-electron chi connectivity index (χ0n) is 55.8. The number of hydrogen-bond acceptors (Lipinski definition) is 10. The van der Waals surface area contributed by atoms with E-state index in [4.69, 9.17) is 14.2 Å². The van der Waals surface area contributed by atoms with Gasteiger partial charge in [0, 0.05) is 12.8 Å². The van der Waals surface area contributed by atoms with Gasteiger partial charge in [-0.25, -0.2) is 0 Å². The number of unbranched alkanes of at least 4 members (excludes halogenated alkanes) is 50. The zero-order chi connectivity index (χ0) is 61.6. The van der Waals surface area contributed by atoms with E-state index < -0.39 is 49.5 Å². The van der Waals surface area contributed by atoms with E-state index in [1.54, 1.807) is 6.08 Å². The average molecular weight is 1200 g/mol. The fraction of sp³-hybridized carbons (Fsp3) is 0.919. The van der Waals surface area contributed by atoms with Crippen molar-refractivity contribution in [3.8, 4) is 0 Å². The third-order valence-corrected chi connectivity index (χ3v) is 17.8. The van der Waals surface area contributed by atoms with E-state index in [1.807, 2.05) is 6.08 Å². The molecular formula is C74H141NO10. The Hall–Kier alpha value is -1.86. The maximum Gasteiger partial charge on any atom is 0.305 e. The molecule has 0 aromatic rings. The van der Waals surface area contributed by atoms with Crippen molar-refractivity contribution in [1.82, 2.24) is 5.32 Å². The van der Waals surface area contributed by atoms with Gasteiger partial charge < -0.3 is 45.1 Å². The fourth-order valence-corrected chi connectivity index (χ4v) is 12.0. The molecule has 85 heavy (non-hydrogen) atoms. The Morgan fingerprint density at radius 3 is 1.13 bits per heavy atom. The number of aliphatic hydroxyl groups excluding tert-OH is 5. The molecule has 6 N–H and O–H groups in total. The smallest absolute Gasteiger partial charge is 0.305 e. The lowest BCUT2D eigenvalue weighted by molar-refractivity contribution is -0.302. The van der Waals surface area contributed by atoms with Crippen LogP contribution in [-0.2, 0) is 23.8 Å². The number of hydrogen-bond donors (Lipinski definition) is 6. The molecule has 1 amide bonds. The predicted octanol–water partition coefficient (Wildman–Crippen LogP) is 19.2. The number of ether oxygens (including phenoxy) is 3. The molecule has 1 aliphatic rings. The molecule has 0 aromatic carbocycles. The standard InChI is InChI=1S/C74H141NO10/c1-3-5-7-9-11-13-15-16-37-41-44-48-52-56-60-67(77)66(65-84-74-73(82)72(81)71(80)68(64-76)85-74)75-69(78)61-57-53-49-45-42-38-35-33-31-29-27-25-23-21-19-17-18-20-22-24-26-28-30-32-34-36-39-43-47-51-55-59-63-83-70(79)62-58-54-50-46-40-14-12-10-8-6-4-2/h20,22,56,60,66-68,71-74,76-77,80-82H,3-19,21,23-55,57-59,61-65H2,1-2H3,(H,75,78)/b22-20-,60-56+. The first-order chi connectivity index (χ1) is 41.7. The fourth-order valence-electron chi connectivity index (χ4n) is 12.0. The third kappa shape index (κ3) is 52.6. The van der Waals surface area contributed by atoms with E-state index in [0.717, 1.165) is 51.4 Å². The second-order valence-corrected chi connectivity index (χ2v) is 26.0. The van der Waals surface area contributed by atoms with Crippen molar-refractivity contribution >= 4 is 11.9 Å². The summed E-state index contributed by atoms with van der Waals surface area (Å²) in [4.78, 5) is 25.1. The molecule has 1 fully saturated rings. The van der Waals surface area contributed by atoms with Crippen molar-refractivity contribution in [2.75, 3.05) is 19.8 Å². The molecule has 7 unspecified atom stereocenters. The van der Waals surface area contributed by atoms with Crippen molar-refractivity contribution in [3.63, 3.8) is 0 Å². The highest BCUT2D eigenvalue weighted by molar-refractivity contribution is 5.76. The largest absolute Gasteiger partial charge is 0.466 e. The van der Waals surface area contributed by atoms with Crippen molar-refractivity contribution < 1.29 is 49.3 Å². The second kappa shape index (κ2) is 63.7. The molecule has 7 atom stereocenters. The van der Waals surface area contributed by atoms with Crippen LogP contribution in [0.15, 0.2) is 24.3 Å². The minimum Gasteiger partial charge on any atom is -0.466 e. The molecule has 0 bridgehead atoms. The van der Waals surface area contributed by atoms with Crippen molar-refractivity contribution in [3.05, 3.63) is 24.3 Å². The predicted molar refractivity (Wildman–Crippen MR) is 357 cm³/mol. The van der Waals surface area contributed by atoms with Crippen LogP contribution in [0.1, 0.15) is 373 Å². The number of carbonyl (C=O) groups excluding carboxylic acids is 2. The van der Waals surface area contributed by atoms with Gasteiger partial charge in [-0.15, -0.1) is 0 Å². The molecule has 1 aliphatic heterocycles. The molecule has 0 aromatic heterocycles. The van der Waals surface area contributed by atoms with Gasteiger partial charge >= 0.3 is 5.97 Å². The lowest BCUT2D eigenvalue weighted by atomic mass is 9.99. The molecule has 502 valence electrons. The minimum atomic E-state index is -1.57. The molecule has 0 spiro atoms. The molecule has 0 aliphatic carbocycles. The summed E-state index contributed by atoms with van der Waals surface area (Å²) in [5.41, 5.74) is 0. The maximum absolute atomic E-state index is 13.1. The normalized spacial score (nSPS) is 18.0. The highest BCUT2D eigenvalue weighted by Crippen LogP contribution is 2.24. The molecular weight excluding hydrogens is 1060 g/mol. The van der Waals surface area contributed by atoms with Crippen LogP contribution in [0, 0.1) is 0 Å². The van der Waals surface area contributed by atoms with Crippen LogP contribution in [0.4, 0.5) is 0 Å². The number of aliphatic hydroxyl groups is 5. The first-order valence-corrected chi connectivity index (χ1v) is 37.1. The van der Waals surface area contributed by atoms with Gasteiger partial charge in [0.2, 0.25) is 5.91 Å². The summed E-state index contributed by atoms with van der Waals surface area (Å²) in [5, 5.41) is 54.6. The summed E-state index contributed by atoms with van der Waals surface area (Å²) in [6.07, 6.45) is 70.3. The Kier molecular flexibility index (Phi) is 60.8. The van der Waals surface area contributed by atoms with Gasteiger partial charge in [0.25, 0.3) is 0 Å². The SMILES string of the molecule is CCCCCCCCCCCCCC/C=C/C(O)C(COC1OC(CO)C(O)C(O)C1O)NC(=O)CCCCCCCCCCCCCCCCCC/C=C\CCCCCCCCCCCCCCOC(=O)CCCCCCCCCCCCC. The Labute approximate surface area is 524 Å². The Morgan fingerprint density at radius 2 is 0.753 bits per heavy atom. The minimum absolute atomic E-state index is 0.0109. The first kappa shape index (κ1) is 81.2. The van der Waals surface area contributed by atoms with Crippen LogP contribution in [0.25, 0.3) is 0 Å². The van der Waals surface area contributed by atoms with Gasteiger partial charge in [0.15, 0.2) is 6.29 Å². The molecule has 11 heteroatoms. The molecule has 1 heterocycles. The molecule has 1 saturated heterocycles. The Morgan fingerprint density at radius 1 is 0.424 bits per heavy atom. The van der Waals surface area contributed by atoms with Crippen molar-refractivity contribution in [2.45, 2.75) is 416 Å². The van der Waals surface area contributed by atoms with Crippen LogP contribution in [0.3, 0.4) is 0 Å². The molecule has 0 radical (unpaired) electrons. The van der Waals surface area contributed by atoms with E-state index in [9.17, 15) is 35.1 Å². The van der Waals surface area contributed by atoms with Crippen LogP contribution in [-0.4, -0.2) is 100 Å². The monoisotopic (exact) mass is 1200 g/mol. The molecule has 1 rings (SSSR count). The number of esters is 1. The summed E-state index contributed by atoms with van der Waals surface area (Å²) in [5.74, 6) is -0.165. The summed E-state index contributed by atoms with van der Waals surface area (Å²) in [6, 6.07) is -0.808. The lowest BCUT2D eigenvalue weighted by Crippen LogP contribution is -2.60. The number of rotatable bonds is 66.